The van der Waals surface area contributed by atoms with Crippen LogP contribution in [0, 0.1) is 5.92 Å². The maximum absolute atomic E-state index is 11.9. The second kappa shape index (κ2) is 9.53. The van der Waals surface area contributed by atoms with Crippen LogP contribution in [0.15, 0.2) is 22.4 Å². The average Bonchev–Trinajstić information content (AvgIpc) is 3.08. The number of thiazole rings is 1. The second-order valence-electron chi connectivity index (χ2n) is 6.89. The van der Waals surface area contributed by atoms with Crippen molar-refractivity contribution in [2.75, 3.05) is 31.9 Å². The van der Waals surface area contributed by atoms with Crippen molar-refractivity contribution in [3.63, 3.8) is 0 Å². The first-order chi connectivity index (χ1) is 12.6. The van der Waals surface area contributed by atoms with Crippen molar-refractivity contribution in [2.45, 2.75) is 31.9 Å². The van der Waals surface area contributed by atoms with E-state index in [1.807, 2.05) is 5.38 Å². The van der Waals surface area contributed by atoms with Crippen LogP contribution in [0.2, 0.25) is 0 Å². The van der Waals surface area contributed by atoms with Crippen LogP contribution >= 0.6 is 23.1 Å². The lowest BCUT2D eigenvalue weighted by molar-refractivity contribution is -0.118. The Morgan fingerprint density at radius 3 is 3.23 bits per heavy atom. The third-order valence-electron chi connectivity index (χ3n) is 4.55. The number of piperidine rings is 1. The summed E-state index contributed by atoms with van der Waals surface area (Å²) < 4.78 is 1.54. The molecule has 3 heterocycles. The molecule has 1 fully saturated rings. The normalized spacial score (nSPS) is 18.3. The fraction of sp³-hybridized carbons (Fsp3) is 0.611. The number of aromatic nitrogens is 2. The molecule has 3 rings (SSSR count). The Kier molecular flexibility index (Phi) is 7.10. The van der Waals surface area contributed by atoms with E-state index < -0.39 is 0 Å². The maximum atomic E-state index is 11.9. The molecule has 8 heteroatoms. The third-order valence-corrected chi connectivity index (χ3v) is 6.28. The van der Waals surface area contributed by atoms with Gasteiger partial charge in [-0.1, -0.05) is 6.92 Å². The molecule has 0 radical (unpaired) electrons. The van der Waals surface area contributed by atoms with Gasteiger partial charge in [0.15, 0.2) is 4.96 Å². The monoisotopic (exact) mass is 394 g/mol. The minimum Gasteiger partial charge on any atom is -0.355 e. The smallest absolute Gasteiger partial charge is 0.258 e. The lowest BCUT2D eigenvalue weighted by Gasteiger charge is -2.30. The zero-order chi connectivity index (χ0) is 18.4. The first-order valence-corrected chi connectivity index (χ1v) is 11.2. The van der Waals surface area contributed by atoms with Crippen molar-refractivity contribution in [2.24, 2.45) is 5.92 Å². The van der Waals surface area contributed by atoms with Crippen LogP contribution in [0.1, 0.15) is 31.9 Å². The minimum absolute atomic E-state index is 0.0518. The molecule has 0 saturated carbocycles. The Balaban J connectivity index is 1.32. The summed E-state index contributed by atoms with van der Waals surface area (Å²) in [5.74, 6) is 1.82. The minimum atomic E-state index is -0.0664. The predicted octanol–water partition coefficient (Wildman–Crippen LogP) is 2.23. The number of carbonyl (C=O) groups is 1. The van der Waals surface area contributed by atoms with Crippen molar-refractivity contribution in [3.8, 4) is 0 Å². The number of carbonyl (C=O) groups excluding carboxylic acids is 1. The number of rotatable bonds is 8. The Morgan fingerprint density at radius 1 is 1.50 bits per heavy atom. The van der Waals surface area contributed by atoms with E-state index in [0.29, 0.717) is 16.5 Å². The highest BCUT2D eigenvalue weighted by atomic mass is 32.2. The summed E-state index contributed by atoms with van der Waals surface area (Å²) >= 11 is 2.93. The van der Waals surface area contributed by atoms with Crippen LogP contribution in [0.25, 0.3) is 4.96 Å². The first kappa shape index (κ1) is 19.4. The van der Waals surface area contributed by atoms with Gasteiger partial charge in [-0.2, -0.15) is 0 Å². The van der Waals surface area contributed by atoms with Gasteiger partial charge in [-0.3, -0.25) is 14.0 Å². The fourth-order valence-electron chi connectivity index (χ4n) is 3.28. The molecule has 1 unspecified atom stereocenters. The van der Waals surface area contributed by atoms with Crippen LogP contribution in [-0.2, 0) is 10.5 Å². The molecular formula is C18H26N4O2S2. The lowest BCUT2D eigenvalue weighted by atomic mass is 10.0. The number of nitrogens with zero attached hydrogens (tertiary/aromatic N) is 3. The van der Waals surface area contributed by atoms with Crippen LogP contribution in [0.3, 0.4) is 0 Å². The van der Waals surface area contributed by atoms with Crippen molar-refractivity contribution < 1.29 is 4.79 Å². The van der Waals surface area contributed by atoms with E-state index in [-0.39, 0.29) is 11.5 Å². The lowest BCUT2D eigenvalue weighted by Crippen LogP contribution is -2.36. The number of amides is 1. The molecule has 26 heavy (non-hydrogen) atoms. The SMILES string of the molecule is CC1CCCN(CCCNC(=O)CSCc2cc(=O)n3ccsc3n2)C1. The molecule has 1 amide bonds. The highest BCUT2D eigenvalue weighted by Crippen LogP contribution is 2.15. The molecule has 0 aliphatic carbocycles. The Morgan fingerprint density at radius 2 is 2.38 bits per heavy atom. The van der Waals surface area contributed by atoms with E-state index in [4.69, 9.17) is 0 Å². The van der Waals surface area contributed by atoms with Gasteiger partial charge in [0.05, 0.1) is 11.4 Å². The number of fused-ring (bicyclic) bond motifs is 1. The number of hydrogen-bond acceptors (Lipinski definition) is 6. The van der Waals surface area contributed by atoms with Gasteiger partial charge in [-0.15, -0.1) is 23.1 Å². The van der Waals surface area contributed by atoms with E-state index in [1.165, 1.54) is 53.4 Å². The molecule has 0 bridgehead atoms. The Labute approximate surface area is 162 Å². The number of hydrogen-bond donors (Lipinski definition) is 1. The molecule has 0 spiro atoms. The van der Waals surface area contributed by atoms with Crippen molar-refractivity contribution >= 4 is 34.0 Å². The van der Waals surface area contributed by atoms with E-state index in [1.54, 1.807) is 12.3 Å². The molecule has 2 aromatic heterocycles. The van der Waals surface area contributed by atoms with E-state index in [0.717, 1.165) is 31.1 Å². The summed E-state index contributed by atoms with van der Waals surface area (Å²) in [5, 5.41) is 4.83. The van der Waals surface area contributed by atoms with Crippen molar-refractivity contribution in [1.29, 1.82) is 0 Å². The molecule has 1 atom stereocenters. The Hall–Kier alpha value is -1.38. The molecule has 1 aliphatic heterocycles. The molecule has 2 aromatic rings. The quantitative estimate of drug-likeness (QED) is 0.696. The van der Waals surface area contributed by atoms with Crippen LogP contribution in [0.5, 0.6) is 0 Å². The molecule has 142 valence electrons. The second-order valence-corrected chi connectivity index (χ2v) is 8.74. The molecular weight excluding hydrogens is 368 g/mol. The van der Waals surface area contributed by atoms with E-state index >= 15 is 0 Å². The largest absolute Gasteiger partial charge is 0.355 e. The van der Waals surface area contributed by atoms with Gasteiger partial charge < -0.3 is 10.2 Å². The molecule has 1 aliphatic rings. The van der Waals surface area contributed by atoms with Gasteiger partial charge in [0.1, 0.15) is 0 Å². The van der Waals surface area contributed by atoms with Gasteiger partial charge in [-0.25, -0.2) is 4.98 Å². The number of likely N-dealkylation sites (tertiary alicyclic amines) is 1. The van der Waals surface area contributed by atoms with Crippen LogP contribution < -0.4 is 10.9 Å². The van der Waals surface area contributed by atoms with Gasteiger partial charge >= 0.3 is 0 Å². The summed E-state index contributed by atoms with van der Waals surface area (Å²) in [6.45, 7) is 6.48. The summed E-state index contributed by atoms with van der Waals surface area (Å²) in [5.41, 5.74) is 0.665. The third kappa shape index (κ3) is 5.56. The average molecular weight is 395 g/mol. The predicted molar refractivity (Wildman–Crippen MR) is 108 cm³/mol. The topological polar surface area (TPSA) is 66.7 Å². The van der Waals surface area contributed by atoms with Gasteiger partial charge in [0.25, 0.3) is 5.56 Å². The van der Waals surface area contributed by atoms with Crippen molar-refractivity contribution in [1.82, 2.24) is 19.6 Å². The highest BCUT2D eigenvalue weighted by molar-refractivity contribution is 7.99. The van der Waals surface area contributed by atoms with Gasteiger partial charge in [0.2, 0.25) is 5.91 Å². The first-order valence-electron chi connectivity index (χ1n) is 9.14. The zero-order valence-corrected chi connectivity index (χ0v) is 16.8. The molecule has 6 nitrogen and oxygen atoms in total. The fourth-order valence-corrected chi connectivity index (χ4v) is 4.77. The van der Waals surface area contributed by atoms with Gasteiger partial charge in [-0.05, 0) is 38.3 Å². The zero-order valence-electron chi connectivity index (χ0n) is 15.1. The number of nitrogens with one attached hydrogen (secondary N) is 1. The molecule has 0 aromatic carbocycles. The summed E-state index contributed by atoms with van der Waals surface area (Å²) in [6, 6.07) is 1.55. The van der Waals surface area contributed by atoms with Crippen LogP contribution in [-0.4, -0.2) is 52.1 Å². The molecule has 1 saturated heterocycles. The standard InChI is InChI=1S/C18H26N4O2S2/c1-14-4-2-6-21(11-14)7-3-5-19-16(23)13-25-12-15-10-17(24)22-8-9-26-18(22)20-15/h8-10,14H,2-7,11-13H2,1H3,(H,19,23). The summed E-state index contributed by atoms with van der Waals surface area (Å²) in [7, 11) is 0. The summed E-state index contributed by atoms with van der Waals surface area (Å²) in [4.78, 5) is 31.5. The maximum Gasteiger partial charge on any atom is 0.258 e. The highest BCUT2D eigenvalue weighted by Gasteiger charge is 2.15. The Bertz CT molecular complexity index is 789. The van der Waals surface area contributed by atoms with Gasteiger partial charge in [0, 0.05) is 36.5 Å². The van der Waals surface area contributed by atoms with Crippen LogP contribution in [0.4, 0.5) is 0 Å². The summed E-state index contributed by atoms with van der Waals surface area (Å²) in [6.07, 6.45) is 5.35. The van der Waals surface area contributed by atoms with E-state index in [2.05, 4.69) is 22.1 Å². The van der Waals surface area contributed by atoms with E-state index in [9.17, 15) is 9.59 Å². The number of thioether (sulfide) groups is 1. The molecule has 1 N–H and O–H groups in total. The van der Waals surface area contributed by atoms with Crippen molar-refractivity contribution in [3.05, 3.63) is 33.7 Å².